The fraction of sp³-hybridized carbons (Fsp3) is 0.867. The highest BCUT2D eigenvalue weighted by Gasteiger charge is 2.30. The molecule has 6 heteroatoms. The summed E-state index contributed by atoms with van der Waals surface area (Å²) in [7, 11) is 0. The molecule has 3 heterocycles. The lowest BCUT2D eigenvalue weighted by atomic mass is 10.1. The molecule has 0 amide bonds. The van der Waals surface area contributed by atoms with E-state index in [0.717, 1.165) is 13.1 Å². The molecule has 2 fully saturated rings. The molecule has 2 saturated heterocycles. The molecule has 2 aliphatic rings. The first-order chi connectivity index (χ1) is 10.0. The summed E-state index contributed by atoms with van der Waals surface area (Å²) in [4.78, 5) is 4.88. The molecule has 1 aromatic rings. The van der Waals surface area contributed by atoms with Gasteiger partial charge in [-0.3, -0.25) is 4.90 Å². The molecule has 3 rings (SSSR count). The molecule has 0 aromatic carbocycles. The van der Waals surface area contributed by atoms with E-state index in [-0.39, 0.29) is 5.54 Å². The van der Waals surface area contributed by atoms with Gasteiger partial charge in [0.1, 0.15) is 0 Å². The number of hydrogen-bond donors (Lipinski definition) is 1. The Morgan fingerprint density at radius 2 is 2.00 bits per heavy atom. The molecular formula is C15H27N5O. The van der Waals surface area contributed by atoms with E-state index in [1.54, 1.807) is 0 Å². The van der Waals surface area contributed by atoms with Crippen molar-refractivity contribution >= 4 is 6.01 Å². The van der Waals surface area contributed by atoms with E-state index >= 15 is 0 Å². The van der Waals surface area contributed by atoms with Crippen molar-refractivity contribution in [2.24, 2.45) is 0 Å². The van der Waals surface area contributed by atoms with Crippen LogP contribution in [0.4, 0.5) is 6.01 Å². The Morgan fingerprint density at radius 3 is 2.81 bits per heavy atom. The quantitative estimate of drug-likeness (QED) is 0.914. The molecule has 118 valence electrons. The van der Waals surface area contributed by atoms with Crippen LogP contribution in [0.3, 0.4) is 0 Å². The van der Waals surface area contributed by atoms with Crippen LogP contribution in [0.5, 0.6) is 0 Å². The first-order valence-electron chi connectivity index (χ1n) is 8.08. The van der Waals surface area contributed by atoms with Gasteiger partial charge in [-0.1, -0.05) is 5.10 Å². The Morgan fingerprint density at radius 1 is 1.19 bits per heavy atom. The predicted molar refractivity (Wildman–Crippen MR) is 82.3 cm³/mol. The number of nitrogens with zero attached hydrogens (tertiary/aromatic N) is 4. The van der Waals surface area contributed by atoms with Crippen molar-refractivity contribution in [1.82, 2.24) is 20.4 Å². The van der Waals surface area contributed by atoms with E-state index in [9.17, 15) is 0 Å². The van der Waals surface area contributed by atoms with Crippen molar-refractivity contribution in [3.63, 3.8) is 0 Å². The largest absolute Gasteiger partial charge is 0.407 e. The molecule has 6 nitrogen and oxygen atoms in total. The van der Waals surface area contributed by atoms with Gasteiger partial charge in [0.15, 0.2) is 0 Å². The van der Waals surface area contributed by atoms with Crippen LogP contribution in [-0.2, 0) is 6.54 Å². The van der Waals surface area contributed by atoms with Gasteiger partial charge in [0.2, 0.25) is 5.89 Å². The number of aromatic nitrogens is 2. The Labute approximate surface area is 126 Å². The Balaban J connectivity index is 1.62. The van der Waals surface area contributed by atoms with Crippen molar-refractivity contribution in [2.45, 2.75) is 58.2 Å². The normalized spacial score (nSPS) is 24.1. The van der Waals surface area contributed by atoms with Crippen LogP contribution >= 0.6 is 0 Å². The fourth-order valence-electron chi connectivity index (χ4n) is 3.17. The van der Waals surface area contributed by atoms with Gasteiger partial charge in [0.25, 0.3) is 0 Å². The summed E-state index contributed by atoms with van der Waals surface area (Å²) in [5, 5.41) is 11.8. The smallest absolute Gasteiger partial charge is 0.318 e. The summed E-state index contributed by atoms with van der Waals surface area (Å²) in [6, 6.07) is 1.35. The molecule has 1 atom stereocenters. The van der Waals surface area contributed by atoms with Crippen LogP contribution < -0.4 is 10.2 Å². The van der Waals surface area contributed by atoms with Crippen molar-refractivity contribution < 1.29 is 4.42 Å². The maximum atomic E-state index is 5.85. The lowest BCUT2D eigenvalue weighted by molar-refractivity contribution is 0.272. The molecule has 21 heavy (non-hydrogen) atoms. The molecule has 0 radical (unpaired) electrons. The van der Waals surface area contributed by atoms with E-state index in [4.69, 9.17) is 4.42 Å². The molecule has 1 aromatic heterocycles. The highest BCUT2D eigenvalue weighted by molar-refractivity contribution is 5.25. The average Bonchev–Trinajstić information content (AvgIpc) is 3.01. The highest BCUT2D eigenvalue weighted by atomic mass is 16.4. The number of fused-ring (bicyclic) bond motifs is 1. The van der Waals surface area contributed by atoms with E-state index < -0.39 is 0 Å². The topological polar surface area (TPSA) is 57.4 Å². The molecule has 1 unspecified atom stereocenters. The maximum Gasteiger partial charge on any atom is 0.318 e. The van der Waals surface area contributed by atoms with E-state index in [1.807, 2.05) is 0 Å². The van der Waals surface area contributed by atoms with Gasteiger partial charge in [-0.05, 0) is 46.6 Å². The molecule has 1 N–H and O–H groups in total. The zero-order valence-corrected chi connectivity index (χ0v) is 13.4. The second-order valence-electron chi connectivity index (χ2n) is 7.21. The number of rotatable bonds is 3. The van der Waals surface area contributed by atoms with Crippen LogP contribution in [-0.4, -0.2) is 52.9 Å². The van der Waals surface area contributed by atoms with Crippen LogP contribution in [0.25, 0.3) is 0 Å². The molecule has 0 aliphatic carbocycles. The number of anilines is 1. The monoisotopic (exact) mass is 293 g/mol. The van der Waals surface area contributed by atoms with Gasteiger partial charge in [0.05, 0.1) is 6.54 Å². The first-order valence-corrected chi connectivity index (χ1v) is 8.08. The minimum atomic E-state index is 0.0571. The van der Waals surface area contributed by atoms with Crippen molar-refractivity contribution in [3.8, 4) is 0 Å². The van der Waals surface area contributed by atoms with Crippen LogP contribution in [0, 0.1) is 0 Å². The SMILES string of the molecule is CC(C)(C)NCc1nnc(N2CCCN3CCCC3C2)o1. The third-order valence-electron chi connectivity index (χ3n) is 4.30. The van der Waals surface area contributed by atoms with Gasteiger partial charge in [-0.15, -0.1) is 5.10 Å². The minimum Gasteiger partial charge on any atom is -0.407 e. The second kappa shape index (κ2) is 5.93. The van der Waals surface area contributed by atoms with Gasteiger partial charge in [-0.25, -0.2) is 0 Å². The summed E-state index contributed by atoms with van der Waals surface area (Å²) < 4.78 is 5.85. The van der Waals surface area contributed by atoms with E-state index in [1.165, 1.54) is 32.4 Å². The maximum absolute atomic E-state index is 5.85. The number of nitrogens with one attached hydrogen (secondary N) is 1. The lowest BCUT2D eigenvalue weighted by Gasteiger charge is -2.24. The second-order valence-corrected chi connectivity index (χ2v) is 7.21. The van der Waals surface area contributed by atoms with Gasteiger partial charge >= 0.3 is 6.01 Å². The van der Waals surface area contributed by atoms with Crippen molar-refractivity contribution in [3.05, 3.63) is 5.89 Å². The summed E-state index contributed by atoms with van der Waals surface area (Å²) in [6.07, 6.45) is 3.79. The molecule has 0 spiro atoms. The third-order valence-corrected chi connectivity index (χ3v) is 4.30. The van der Waals surface area contributed by atoms with Crippen LogP contribution in [0.2, 0.25) is 0 Å². The summed E-state index contributed by atoms with van der Waals surface area (Å²) in [5.41, 5.74) is 0.0571. The first kappa shape index (κ1) is 14.8. The minimum absolute atomic E-state index is 0.0571. The third kappa shape index (κ3) is 3.74. The van der Waals surface area contributed by atoms with Crippen molar-refractivity contribution in [2.75, 3.05) is 31.1 Å². The van der Waals surface area contributed by atoms with Gasteiger partial charge in [0, 0.05) is 31.2 Å². The summed E-state index contributed by atoms with van der Waals surface area (Å²) >= 11 is 0. The molecule has 0 saturated carbocycles. The average molecular weight is 293 g/mol. The van der Waals surface area contributed by atoms with Gasteiger partial charge in [-0.2, -0.15) is 0 Å². The standard InChI is InChI=1S/C15H27N5O/c1-15(2,3)16-10-13-17-18-14(21-13)20-9-5-8-19-7-4-6-12(19)11-20/h12,16H,4-11H2,1-3H3. The zero-order valence-electron chi connectivity index (χ0n) is 13.4. The van der Waals surface area contributed by atoms with Crippen molar-refractivity contribution in [1.29, 1.82) is 0 Å². The zero-order chi connectivity index (χ0) is 14.9. The highest BCUT2D eigenvalue weighted by Crippen LogP contribution is 2.24. The van der Waals surface area contributed by atoms with E-state index in [2.05, 4.69) is 46.1 Å². The van der Waals surface area contributed by atoms with E-state index in [0.29, 0.717) is 24.5 Å². The Hall–Kier alpha value is -1.14. The molecule has 2 aliphatic heterocycles. The van der Waals surface area contributed by atoms with Crippen LogP contribution in [0.1, 0.15) is 45.9 Å². The Bertz CT molecular complexity index is 467. The number of hydrogen-bond acceptors (Lipinski definition) is 6. The summed E-state index contributed by atoms with van der Waals surface area (Å²) in [5.74, 6) is 0.674. The lowest BCUT2D eigenvalue weighted by Crippen LogP contribution is -2.36. The van der Waals surface area contributed by atoms with Gasteiger partial charge < -0.3 is 14.6 Å². The predicted octanol–water partition coefficient (Wildman–Crippen LogP) is 1.63. The fourth-order valence-corrected chi connectivity index (χ4v) is 3.17. The molecule has 0 bridgehead atoms. The van der Waals surface area contributed by atoms with Crippen LogP contribution in [0.15, 0.2) is 4.42 Å². The summed E-state index contributed by atoms with van der Waals surface area (Å²) in [6.45, 7) is 11.5. The molecular weight excluding hydrogens is 266 g/mol. The Kier molecular flexibility index (Phi) is 4.17.